The topological polar surface area (TPSA) is 13.1 Å². The van der Waals surface area contributed by atoms with Crippen LogP contribution in [0.1, 0.15) is 0 Å². The van der Waals surface area contributed by atoms with Crippen molar-refractivity contribution in [3.8, 4) is 11.1 Å². The Bertz CT molecular complexity index is 365. The van der Waals surface area contributed by atoms with E-state index in [1.165, 1.54) is 18.4 Å². The van der Waals surface area contributed by atoms with E-state index >= 15 is 0 Å². The van der Waals surface area contributed by atoms with Crippen LogP contribution in [0.5, 0.6) is 0 Å². The van der Waals surface area contributed by atoms with Crippen molar-refractivity contribution in [3.63, 3.8) is 0 Å². The molecule has 0 N–H and O–H groups in total. The van der Waals surface area contributed by atoms with Crippen molar-refractivity contribution in [1.82, 2.24) is 0 Å². The van der Waals surface area contributed by atoms with Crippen LogP contribution in [0, 0.1) is 12.1 Å². The summed E-state index contributed by atoms with van der Waals surface area (Å²) in [4.78, 5) is 0. The molecule has 0 aliphatic carbocycles. The smallest absolute Gasteiger partial charge is 0.177 e. The lowest BCUT2D eigenvalue weighted by Crippen LogP contribution is -1.75. The Kier molecular flexibility index (Phi) is 1.67. The minimum absolute atomic E-state index is 0.248. The quantitative estimate of drug-likeness (QED) is 0.626. The molecule has 0 aliphatic heterocycles. The summed E-state index contributed by atoms with van der Waals surface area (Å²) in [5.74, 6) is -0.248. The molecule has 0 atom stereocenters. The van der Waals surface area contributed by atoms with E-state index in [0.717, 1.165) is 11.1 Å². The van der Waals surface area contributed by atoms with E-state index in [1.807, 2.05) is 6.07 Å². The van der Waals surface area contributed by atoms with Crippen molar-refractivity contribution in [2.45, 2.75) is 0 Å². The van der Waals surface area contributed by atoms with Crippen molar-refractivity contribution in [2.24, 2.45) is 0 Å². The van der Waals surface area contributed by atoms with E-state index in [2.05, 4.69) is 6.26 Å². The standard InChI is InChI=1S/C10H6FO/c11-10-3-1-2-8(6-10)9-4-5-12-7-9/h1-6H. The first-order valence-electron chi connectivity index (χ1n) is 3.57. The summed E-state index contributed by atoms with van der Waals surface area (Å²) in [6, 6.07) is 8.07. The first-order valence-corrected chi connectivity index (χ1v) is 3.57. The average Bonchev–Trinajstić information content (AvgIpc) is 2.56. The van der Waals surface area contributed by atoms with Gasteiger partial charge in [0.25, 0.3) is 0 Å². The molecule has 2 rings (SSSR count). The number of benzene rings is 1. The largest absolute Gasteiger partial charge is 0.460 e. The maximum absolute atomic E-state index is 12.7. The van der Waals surface area contributed by atoms with E-state index in [4.69, 9.17) is 4.42 Å². The summed E-state index contributed by atoms with van der Waals surface area (Å²) in [6.07, 6.45) is 4.15. The molecule has 0 saturated carbocycles. The molecule has 1 aromatic carbocycles. The van der Waals surface area contributed by atoms with Crippen molar-refractivity contribution in [3.05, 3.63) is 48.7 Å². The molecule has 0 bridgehead atoms. The first kappa shape index (κ1) is 7.10. The van der Waals surface area contributed by atoms with Gasteiger partial charge in [0.2, 0.25) is 0 Å². The maximum Gasteiger partial charge on any atom is 0.177 e. The van der Waals surface area contributed by atoms with Gasteiger partial charge in [-0.05, 0) is 23.8 Å². The Morgan fingerprint density at radius 2 is 2.17 bits per heavy atom. The predicted molar refractivity (Wildman–Crippen MR) is 42.9 cm³/mol. The van der Waals surface area contributed by atoms with Crippen LogP contribution in [-0.2, 0) is 0 Å². The summed E-state index contributed by atoms with van der Waals surface area (Å²) >= 11 is 0. The van der Waals surface area contributed by atoms with Crippen LogP contribution in [0.15, 0.2) is 41.0 Å². The normalized spacial score (nSPS) is 10.1. The Hall–Kier alpha value is -1.57. The lowest BCUT2D eigenvalue weighted by Gasteiger charge is -1.94. The Labute approximate surface area is 69.4 Å². The van der Waals surface area contributed by atoms with Crippen LogP contribution in [-0.4, -0.2) is 0 Å². The summed E-state index contributed by atoms with van der Waals surface area (Å²) in [5, 5.41) is 0. The summed E-state index contributed by atoms with van der Waals surface area (Å²) in [5.41, 5.74) is 1.55. The van der Waals surface area contributed by atoms with E-state index in [9.17, 15) is 4.39 Å². The maximum atomic E-state index is 12.7. The Balaban J connectivity index is 2.48. The van der Waals surface area contributed by atoms with Gasteiger partial charge in [0.1, 0.15) is 5.82 Å². The fourth-order valence-corrected chi connectivity index (χ4v) is 1.04. The van der Waals surface area contributed by atoms with Gasteiger partial charge in [-0.2, -0.15) is 0 Å². The third-order valence-electron chi connectivity index (χ3n) is 1.61. The van der Waals surface area contributed by atoms with Crippen LogP contribution >= 0.6 is 0 Å². The van der Waals surface area contributed by atoms with E-state index in [1.54, 1.807) is 12.1 Å². The number of hydrogen-bond donors (Lipinski definition) is 0. The second kappa shape index (κ2) is 2.81. The zero-order chi connectivity index (χ0) is 8.39. The van der Waals surface area contributed by atoms with Crippen LogP contribution in [0.2, 0.25) is 0 Å². The molecular formula is C10H6FO. The molecule has 0 unspecified atom stereocenters. The highest BCUT2D eigenvalue weighted by Crippen LogP contribution is 2.19. The molecule has 2 aromatic rings. The van der Waals surface area contributed by atoms with Crippen LogP contribution < -0.4 is 0 Å². The molecule has 0 aliphatic rings. The zero-order valence-corrected chi connectivity index (χ0v) is 6.25. The minimum Gasteiger partial charge on any atom is -0.460 e. The summed E-state index contributed by atoms with van der Waals surface area (Å²) < 4.78 is 17.5. The van der Waals surface area contributed by atoms with Gasteiger partial charge in [0, 0.05) is 5.56 Å². The number of rotatable bonds is 1. The molecule has 59 valence electrons. The zero-order valence-electron chi connectivity index (χ0n) is 6.25. The number of hydrogen-bond acceptors (Lipinski definition) is 1. The lowest BCUT2D eigenvalue weighted by molar-refractivity contribution is 0.559. The first-order chi connectivity index (χ1) is 5.86. The minimum atomic E-state index is -0.248. The van der Waals surface area contributed by atoms with Crippen molar-refractivity contribution in [2.75, 3.05) is 0 Å². The number of furan rings is 1. The second-order valence-corrected chi connectivity index (χ2v) is 2.45. The fourth-order valence-electron chi connectivity index (χ4n) is 1.04. The summed E-state index contributed by atoms with van der Waals surface area (Å²) in [6.45, 7) is 0. The third-order valence-corrected chi connectivity index (χ3v) is 1.61. The van der Waals surface area contributed by atoms with Gasteiger partial charge >= 0.3 is 0 Å². The van der Waals surface area contributed by atoms with E-state index < -0.39 is 0 Å². The van der Waals surface area contributed by atoms with Gasteiger partial charge in [-0.3, -0.25) is 0 Å². The molecule has 1 nitrogen and oxygen atoms in total. The van der Waals surface area contributed by atoms with Crippen molar-refractivity contribution < 1.29 is 8.81 Å². The number of halogens is 1. The Morgan fingerprint density at radius 3 is 2.83 bits per heavy atom. The molecule has 0 fully saturated rings. The molecule has 2 heteroatoms. The van der Waals surface area contributed by atoms with Crippen LogP contribution in [0.4, 0.5) is 4.39 Å². The van der Waals surface area contributed by atoms with Crippen LogP contribution in [0.3, 0.4) is 0 Å². The van der Waals surface area contributed by atoms with Gasteiger partial charge in [0.05, 0.1) is 6.26 Å². The molecule has 1 radical (unpaired) electrons. The van der Waals surface area contributed by atoms with Gasteiger partial charge < -0.3 is 4.42 Å². The van der Waals surface area contributed by atoms with E-state index in [-0.39, 0.29) is 5.82 Å². The molecule has 1 heterocycles. The molecule has 0 amide bonds. The second-order valence-electron chi connectivity index (χ2n) is 2.45. The molecule has 0 saturated heterocycles. The van der Waals surface area contributed by atoms with Gasteiger partial charge in [-0.15, -0.1) is 0 Å². The van der Waals surface area contributed by atoms with Crippen molar-refractivity contribution in [1.29, 1.82) is 0 Å². The highest BCUT2D eigenvalue weighted by molar-refractivity contribution is 5.61. The lowest BCUT2D eigenvalue weighted by atomic mass is 10.1. The molecular weight excluding hydrogens is 155 g/mol. The monoisotopic (exact) mass is 161 g/mol. The molecule has 1 aromatic heterocycles. The summed E-state index contributed by atoms with van der Waals surface area (Å²) in [7, 11) is 0. The molecule has 0 spiro atoms. The van der Waals surface area contributed by atoms with Crippen molar-refractivity contribution >= 4 is 0 Å². The SMILES string of the molecule is Fc1cccc(-c2[c]occ2)c1. The Morgan fingerprint density at radius 1 is 1.25 bits per heavy atom. The predicted octanol–water partition coefficient (Wildman–Crippen LogP) is 2.89. The molecule has 12 heavy (non-hydrogen) atoms. The third kappa shape index (κ3) is 1.23. The average molecular weight is 161 g/mol. The van der Waals surface area contributed by atoms with Gasteiger partial charge in [-0.25, -0.2) is 4.39 Å². The highest BCUT2D eigenvalue weighted by Gasteiger charge is 1.99. The fraction of sp³-hybridized carbons (Fsp3) is 0. The van der Waals surface area contributed by atoms with E-state index in [0.29, 0.717) is 0 Å². The van der Waals surface area contributed by atoms with Gasteiger partial charge in [-0.1, -0.05) is 12.1 Å². The highest BCUT2D eigenvalue weighted by atomic mass is 19.1. The van der Waals surface area contributed by atoms with Crippen LogP contribution in [0.25, 0.3) is 11.1 Å². The van der Waals surface area contributed by atoms with Gasteiger partial charge in [0.15, 0.2) is 6.26 Å².